The van der Waals surface area contributed by atoms with Crippen molar-refractivity contribution in [2.45, 2.75) is 18.9 Å². The molecule has 1 aromatic carbocycles. The molecule has 1 aromatic rings. The first kappa shape index (κ1) is 12.6. The summed E-state index contributed by atoms with van der Waals surface area (Å²) in [5, 5.41) is 0. The molecule has 0 bridgehead atoms. The van der Waals surface area contributed by atoms with Crippen LogP contribution in [0.2, 0.25) is 0 Å². The van der Waals surface area contributed by atoms with Gasteiger partial charge in [-0.1, -0.05) is 12.1 Å². The Kier molecular flexibility index (Phi) is 3.62. The van der Waals surface area contributed by atoms with Crippen LogP contribution >= 0.6 is 0 Å². The molecule has 0 radical (unpaired) electrons. The van der Waals surface area contributed by atoms with Gasteiger partial charge in [0.25, 0.3) is 5.91 Å². The zero-order valence-electron chi connectivity index (χ0n) is 10.1. The van der Waals surface area contributed by atoms with Crippen molar-refractivity contribution in [2.24, 2.45) is 11.5 Å². The Morgan fingerprint density at radius 2 is 1.94 bits per heavy atom. The second-order valence-electron chi connectivity index (χ2n) is 4.44. The predicted octanol–water partition coefficient (Wildman–Crippen LogP) is 0.349. The highest BCUT2D eigenvalue weighted by Gasteiger charge is 2.29. The molecule has 5 nitrogen and oxygen atoms in total. The Balaban J connectivity index is 2.31. The molecule has 2 rings (SSSR count). The van der Waals surface area contributed by atoms with Gasteiger partial charge >= 0.3 is 0 Å². The number of rotatable bonds is 3. The Labute approximate surface area is 106 Å². The van der Waals surface area contributed by atoms with Crippen LogP contribution in [0.25, 0.3) is 0 Å². The molecule has 0 unspecified atom stereocenters. The topological polar surface area (TPSA) is 89.4 Å². The van der Waals surface area contributed by atoms with Crippen molar-refractivity contribution in [3.63, 3.8) is 0 Å². The Hall–Kier alpha value is -1.88. The number of hydrogen-bond donors (Lipinski definition) is 2. The third kappa shape index (κ3) is 2.22. The third-order valence-corrected chi connectivity index (χ3v) is 3.33. The van der Waals surface area contributed by atoms with Crippen LogP contribution in [0.4, 0.5) is 0 Å². The lowest BCUT2D eigenvalue weighted by Gasteiger charge is -2.24. The molecule has 0 spiro atoms. The molecule has 0 aromatic heterocycles. The van der Waals surface area contributed by atoms with Crippen LogP contribution in [0, 0.1) is 0 Å². The van der Waals surface area contributed by atoms with Crippen molar-refractivity contribution in [1.29, 1.82) is 0 Å². The lowest BCUT2D eigenvalue weighted by atomic mass is 10.1. The summed E-state index contributed by atoms with van der Waals surface area (Å²) in [7, 11) is 0. The molecule has 1 aliphatic heterocycles. The Morgan fingerprint density at radius 3 is 2.56 bits per heavy atom. The van der Waals surface area contributed by atoms with E-state index in [1.165, 1.54) is 0 Å². The zero-order chi connectivity index (χ0) is 13.1. The summed E-state index contributed by atoms with van der Waals surface area (Å²) in [6.07, 6.45) is 1.87. The minimum Gasteiger partial charge on any atom is -0.366 e. The molecule has 1 fully saturated rings. The summed E-state index contributed by atoms with van der Waals surface area (Å²) in [6.45, 7) is 1.14. The molecule has 1 saturated heterocycles. The van der Waals surface area contributed by atoms with E-state index in [9.17, 15) is 9.59 Å². The fourth-order valence-electron chi connectivity index (χ4n) is 2.39. The van der Waals surface area contributed by atoms with E-state index < -0.39 is 5.91 Å². The molecule has 2 amide bonds. The summed E-state index contributed by atoms with van der Waals surface area (Å²) in [6, 6.07) is 6.70. The van der Waals surface area contributed by atoms with Crippen molar-refractivity contribution in [3.05, 3.63) is 35.4 Å². The first-order valence-electron chi connectivity index (χ1n) is 6.05. The van der Waals surface area contributed by atoms with Gasteiger partial charge in [0.1, 0.15) is 0 Å². The van der Waals surface area contributed by atoms with Crippen LogP contribution in [0.15, 0.2) is 24.3 Å². The lowest BCUT2D eigenvalue weighted by molar-refractivity contribution is 0.0736. The average Bonchev–Trinajstić information content (AvgIpc) is 2.86. The maximum atomic E-state index is 12.4. The molecule has 4 N–H and O–H groups in total. The normalized spacial score (nSPS) is 18.9. The molecule has 96 valence electrons. The van der Waals surface area contributed by atoms with E-state index in [2.05, 4.69) is 0 Å². The first-order chi connectivity index (χ1) is 8.65. The molecule has 5 heteroatoms. The maximum Gasteiger partial charge on any atom is 0.254 e. The van der Waals surface area contributed by atoms with Gasteiger partial charge in [-0.15, -0.1) is 0 Å². The number of nitrogens with two attached hydrogens (primary N) is 2. The summed E-state index contributed by atoms with van der Waals surface area (Å²) >= 11 is 0. The maximum absolute atomic E-state index is 12.4. The van der Waals surface area contributed by atoms with Crippen LogP contribution in [0.1, 0.15) is 33.6 Å². The van der Waals surface area contributed by atoms with E-state index in [1.54, 1.807) is 29.2 Å². The van der Waals surface area contributed by atoms with Crippen molar-refractivity contribution in [3.8, 4) is 0 Å². The number of likely N-dealkylation sites (tertiary alicyclic amines) is 1. The van der Waals surface area contributed by atoms with Crippen molar-refractivity contribution < 1.29 is 9.59 Å². The van der Waals surface area contributed by atoms with Crippen LogP contribution in [0.5, 0.6) is 0 Å². The molecule has 1 atom stereocenters. The summed E-state index contributed by atoms with van der Waals surface area (Å²) in [4.78, 5) is 25.5. The van der Waals surface area contributed by atoms with Crippen molar-refractivity contribution >= 4 is 11.8 Å². The highest BCUT2D eigenvalue weighted by Crippen LogP contribution is 2.20. The second kappa shape index (κ2) is 5.18. The first-order valence-corrected chi connectivity index (χ1v) is 6.05. The van der Waals surface area contributed by atoms with Crippen LogP contribution in [0.3, 0.4) is 0 Å². The highest BCUT2D eigenvalue weighted by molar-refractivity contribution is 6.06. The molecular formula is C13H17N3O2. The van der Waals surface area contributed by atoms with Gasteiger partial charge in [0.15, 0.2) is 0 Å². The van der Waals surface area contributed by atoms with Gasteiger partial charge in [-0.25, -0.2) is 0 Å². The highest BCUT2D eigenvalue weighted by atomic mass is 16.2. The number of carbonyl (C=O) groups is 2. The minimum atomic E-state index is -0.581. The monoisotopic (exact) mass is 247 g/mol. The van der Waals surface area contributed by atoms with Gasteiger partial charge in [-0.3, -0.25) is 9.59 Å². The van der Waals surface area contributed by atoms with E-state index in [-0.39, 0.29) is 17.5 Å². The molecule has 0 aliphatic carbocycles. The van der Waals surface area contributed by atoms with Crippen LogP contribution in [-0.2, 0) is 0 Å². The summed E-state index contributed by atoms with van der Waals surface area (Å²) in [5.41, 5.74) is 11.6. The number of nitrogens with zero attached hydrogens (tertiary/aromatic N) is 1. The number of benzene rings is 1. The van der Waals surface area contributed by atoms with Gasteiger partial charge in [-0.05, 0) is 25.0 Å². The van der Waals surface area contributed by atoms with Gasteiger partial charge < -0.3 is 16.4 Å². The molecule has 1 heterocycles. The van der Waals surface area contributed by atoms with E-state index in [0.717, 1.165) is 12.8 Å². The SMILES string of the molecule is NC[C@@H]1CCCN1C(=O)c1ccccc1C(N)=O. The predicted molar refractivity (Wildman–Crippen MR) is 68.1 cm³/mol. The standard InChI is InChI=1S/C13H17N3O2/c14-8-9-4-3-7-16(9)13(18)11-6-2-1-5-10(11)12(15)17/h1-2,5-6,9H,3-4,7-8,14H2,(H2,15,17)/t9-/m0/s1. The summed E-state index contributed by atoms with van der Waals surface area (Å²) < 4.78 is 0. The largest absolute Gasteiger partial charge is 0.366 e. The quantitative estimate of drug-likeness (QED) is 0.807. The third-order valence-electron chi connectivity index (χ3n) is 3.33. The zero-order valence-corrected chi connectivity index (χ0v) is 10.1. The number of carbonyl (C=O) groups excluding carboxylic acids is 2. The molecule has 1 aliphatic rings. The second-order valence-corrected chi connectivity index (χ2v) is 4.44. The van der Waals surface area contributed by atoms with Gasteiger partial charge in [0.2, 0.25) is 5.91 Å². The Bertz CT molecular complexity index is 473. The lowest BCUT2D eigenvalue weighted by Crippen LogP contribution is -2.40. The van der Waals surface area contributed by atoms with Gasteiger partial charge in [0.05, 0.1) is 11.1 Å². The number of primary amides is 1. The van der Waals surface area contributed by atoms with E-state index >= 15 is 0 Å². The fraction of sp³-hybridized carbons (Fsp3) is 0.385. The average molecular weight is 247 g/mol. The number of hydrogen-bond acceptors (Lipinski definition) is 3. The molecule has 18 heavy (non-hydrogen) atoms. The van der Waals surface area contributed by atoms with Crippen molar-refractivity contribution in [1.82, 2.24) is 4.90 Å². The van der Waals surface area contributed by atoms with Crippen LogP contribution < -0.4 is 11.5 Å². The van der Waals surface area contributed by atoms with Gasteiger partial charge in [0, 0.05) is 19.1 Å². The smallest absolute Gasteiger partial charge is 0.254 e. The van der Waals surface area contributed by atoms with E-state index in [0.29, 0.717) is 18.7 Å². The van der Waals surface area contributed by atoms with Crippen molar-refractivity contribution in [2.75, 3.05) is 13.1 Å². The summed E-state index contributed by atoms with van der Waals surface area (Å²) in [5.74, 6) is -0.736. The van der Waals surface area contributed by atoms with E-state index in [1.807, 2.05) is 0 Å². The van der Waals surface area contributed by atoms with E-state index in [4.69, 9.17) is 11.5 Å². The number of amides is 2. The Morgan fingerprint density at radius 1 is 1.28 bits per heavy atom. The van der Waals surface area contributed by atoms with Crippen LogP contribution in [-0.4, -0.2) is 35.8 Å². The molecule has 0 saturated carbocycles. The minimum absolute atomic E-state index is 0.0680. The van der Waals surface area contributed by atoms with Gasteiger partial charge in [-0.2, -0.15) is 0 Å². The fourth-order valence-corrected chi connectivity index (χ4v) is 2.39. The molecular weight excluding hydrogens is 230 g/mol.